The van der Waals surface area contributed by atoms with E-state index in [4.69, 9.17) is 9.47 Å². The van der Waals surface area contributed by atoms with Crippen LogP contribution in [0.1, 0.15) is 44.6 Å². The van der Waals surface area contributed by atoms with Crippen LogP contribution < -0.4 is 4.74 Å². The number of phenolic OH excluding ortho intramolecular Hbond substituents is 1. The summed E-state index contributed by atoms with van der Waals surface area (Å²) in [5.41, 5.74) is 2.48. The number of ether oxygens (including phenoxy) is 2. The molecule has 0 unspecified atom stereocenters. The molecule has 4 saturated carbocycles. The zero-order valence-corrected chi connectivity index (χ0v) is 14.0. The fraction of sp³-hybridized carbons (Fsp3) is 0.600. The van der Waals surface area contributed by atoms with Crippen molar-refractivity contribution < 1.29 is 14.6 Å². The van der Waals surface area contributed by atoms with E-state index in [2.05, 4.69) is 0 Å². The molecule has 0 amide bonds. The summed E-state index contributed by atoms with van der Waals surface area (Å²) in [7, 11) is 1.63. The number of benzene rings is 1. The molecule has 3 heteroatoms. The number of allylic oxidation sites excluding steroid dienone is 1. The Labute approximate surface area is 138 Å². The Kier molecular flexibility index (Phi) is 3.74. The minimum Gasteiger partial charge on any atom is -0.508 e. The summed E-state index contributed by atoms with van der Waals surface area (Å²) >= 11 is 0. The maximum absolute atomic E-state index is 10.0. The maximum atomic E-state index is 10.0. The average molecular weight is 314 g/mol. The summed E-state index contributed by atoms with van der Waals surface area (Å²) in [5.74, 6) is 5.16. The van der Waals surface area contributed by atoms with Gasteiger partial charge < -0.3 is 14.6 Å². The fourth-order valence-corrected chi connectivity index (χ4v) is 5.37. The van der Waals surface area contributed by atoms with Crippen LogP contribution in [0.3, 0.4) is 0 Å². The molecule has 0 aliphatic heterocycles. The van der Waals surface area contributed by atoms with Crippen LogP contribution in [0.25, 0.3) is 5.76 Å². The molecule has 1 aromatic carbocycles. The van der Waals surface area contributed by atoms with E-state index < -0.39 is 0 Å². The van der Waals surface area contributed by atoms with Crippen molar-refractivity contribution in [2.75, 3.05) is 13.7 Å². The van der Waals surface area contributed by atoms with Crippen LogP contribution in [-0.2, 0) is 4.74 Å². The van der Waals surface area contributed by atoms with E-state index in [1.54, 1.807) is 13.2 Å². The highest BCUT2D eigenvalue weighted by Gasteiger charge is 2.46. The quantitative estimate of drug-likeness (QED) is 0.825. The van der Waals surface area contributed by atoms with Crippen LogP contribution in [0.4, 0.5) is 0 Å². The Morgan fingerprint density at radius 1 is 1.04 bits per heavy atom. The standard InChI is InChI=1S/C20H26O3/c1-3-23-20(16-9-17(21)11-18(10-16)22-2)19-14-5-12-4-13(7-14)8-15(19)6-12/h9-15,21H,3-8H2,1-2H3. The van der Waals surface area contributed by atoms with Gasteiger partial charge in [-0.2, -0.15) is 0 Å². The highest BCUT2D eigenvalue weighted by atomic mass is 16.5. The Morgan fingerprint density at radius 2 is 1.70 bits per heavy atom. The molecule has 4 aliphatic carbocycles. The summed E-state index contributed by atoms with van der Waals surface area (Å²) in [5, 5.41) is 10.0. The first-order chi connectivity index (χ1) is 11.2. The summed E-state index contributed by atoms with van der Waals surface area (Å²) in [6.45, 7) is 2.69. The van der Waals surface area contributed by atoms with E-state index in [1.807, 2.05) is 19.1 Å². The lowest BCUT2D eigenvalue weighted by Gasteiger charge is -2.51. The third-order valence-corrected chi connectivity index (χ3v) is 5.96. The Balaban J connectivity index is 1.80. The molecule has 0 spiro atoms. The van der Waals surface area contributed by atoms with Crippen LogP contribution in [-0.4, -0.2) is 18.8 Å². The topological polar surface area (TPSA) is 38.7 Å². The second kappa shape index (κ2) is 5.77. The van der Waals surface area contributed by atoms with Gasteiger partial charge in [0, 0.05) is 11.6 Å². The van der Waals surface area contributed by atoms with Gasteiger partial charge in [0.1, 0.15) is 17.3 Å². The predicted molar refractivity (Wildman–Crippen MR) is 90.2 cm³/mol. The van der Waals surface area contributed by atoms with Crippen molar-refractivity contribution in [2.24, 2.45) is 23.7 Å². The lowest BCUT2D eigenvalue weighted by Crippen LogP contribution is -2.41. The molecule has 0 radical (unpaired) electrons. The van der Waals surface area contributed by atoms with Crippen molar-refractivity contribution in [1.82, 2.24) is 0 Å². The highest BCUT2D eigenvalue weighted by molar-refractivity contribution is 5.67. The SMILES string of the molecule is CCOC(=C1C2CC3CC(C2)CC1C3)c1cc(O)cc(OC)c1. The van der Waals surface area contributed by atoms with Crippen molar-refractivity contribution in [3.05, 3.63) is 29.3 Å². The molecule has 3 nitrogen and oxygen atoms in total. The summed E-state index contributed by atoms with van der Waals surface area (Å²) in [6, 6.07) is 5.45. The minimum atomic E-state index is 0.237. The van der Waals surface area contributed by atoms with Gasteiger partial charge in [-0.3, -0.25) is 0 Å². The van der Waals surface area contributed by atoms with Crippen LogP contribution in [0.5, 0.6) is 11.5 Å². The highest BCUT2D eigenvalue weighted by Crippen LogP contribution is 2.58. The minimum absolute atomic E-state index is 0.237. The molecule has 1 aromatic rings. The Bertz CT molecular complexity index is 602. The van der Waals surface area contributed by atoms with Gasteiger partial charge in [0.25, 0.3) is 0 Å². The molecule has 0 saturated heterocycles. The van der Waals surface area contributed by atoms with Gasteiger partial charge >= 0.3 is 0 Å². The molecule has 124 valence electrons. The molecule has 4 bridgehead atoms. The molecule has 0 heterocycles. The molecule has 4 fully saturated rings. The van der Waals surface area contributed by atoms with Crippen molar-refractivity contribution >= 4 is 5.76 Å². The number of methoxy groups -OCH3 is 1. The second-order valence-corrected chi connectivity index (χ2v) is 7.44. The number of rotatable bonds is 4. The molecule has 0 atom stereocenters. The smallest absolute Gasteiger partial charge is 0.126 e. The van der Waals surface area contributed by atoms with Crippen molar-refractivity contribution in [3.8, 4) is 11.5 Å². The van der Waals surface area contributed by atoms with Crippen LogP contribution in [0, 0.1) is 23.7 Å². The van der Waals surface area contributed by atoms with Gasteiger partial charge in [0.15, 0.2) is 0 Å². The van der Waals surface area contributed by atoms with E-state index in [-0.39, 0.29) is 5.75 Å². The van der Waals surface area contributed by atoms with Gasteiger partial charge in [-0.15, -0.1) is 0 Å². The van der Waals surface area contributed by atoms with E-state index in [0.29, 0.717) is 24.2 Å². The van der Waals surface area contributed by atoms with Crippen LogP contribution >= 0.6 is 0 Å². The van der Waals surface area contributed by atoms with Crippen molar-refractivity contribution in [1.29, 1.82) is 0 Å². The molecule has 0 aromatic heterocycles. The van der Waals surface area contributed by atoms with Gasteiger partial charge in [-0.05, 0) is 80.4 Å². The number of hydrogen-bond acceptors (Lipinski definition) is 3. The van der Waals surface area contributed by atoms with Gasteiger partial charge in [-0.1, -0.05) is 0 Å². The maximum Gasteiger partial charge on any atom is 0.126 e. The van der Waals surface area contributed by atoms with E-state index in [0.717, 1.165) is 23.2 Å². The van der Waals surface area contributed by atoms with Crippen molar-refractivity contribution in [3.63, 3.8) is 0 Å². The van der Waals surface area contributed by atoms with E-state index in [9.17, 15) is 5.11 Å². The summed E-state index contributed by atoms with van der Waals surface area (Å²) in [6.07, 6.45) is 6.76. The largest absolute Gasteiger partial charge is 0.508 e. The average Bonchev–Trinajstić information content (AvgIpc) is 2.52. The van der Waals surface area contributed by atoms with Crippen LogP contribution in [0.2, 0.25) is 0 Å². The lowest BCUT2D eigenvalue weighted by molar-refractivity contribution is 0.0668. The van der Waals surface area contributed by atoms with E-state index >= 15 is 0 Å². The normalized spacial score (nSPS) is 31.3. The summed E-state index contributed by atoms with van der Waals surface area (Å²) in [4.78, 5) is 0. The number of aromatic hydroxyl groups is 1. The number of phenols is 1. The second-order valence-electron chi connectivity index (χ2n) is 7.44. The zero-order chi connectivity index (χ0) is 16.0. The molecular weight excluding hydrogens is 288 g/mol. The van der Waals surface area contributed by atoms with Crippen molar-refractivity contribution in [2.45, 2.75) is 39.0 Å². The third-order valence-electron chi connectivity index (χ3n) is 5.96. The third kappa shape index (κ3) is 2.60. The first kappa shape index (κ1) is 14.9. The first-order valence-electron chi connectivity index (χ1n) is 8.93. The molecule has 23 heavy (non-hydrogen) atoms. The molecule has 4 aliphatic rings. The Morgan fingerprint density at radius 3 is 2.26 bits per heavy atom. The monoisotopic (exact) mass is 314 g/mol. The van der Waals surface area contributed by atoms with Crippen LogP contribution in [0.15, 0.2) is 23.8 Å². The van der Waals surface area contributed by atoms with Gasteiger partial charge in [0.05, 0.1) is 13.7 Å². The fourth-order valence-electron chi connectivity index (χ4n) is 5.37. The number of hydrogen-bond donors (Lipinski definition) is 1. The molecular formula is C20H26O3. The van der Waals surface area contributed by atoms with E-state index in [1.165, 1.54) is 37.7 Å². The summed E-state index contributed by atoms with van der Waals surface area (Å²) < 4.78 is 11.5. The predicted octanol–water partition coefficient (Wildman–Crippen LogP) is 4.60. The van der Waals surface area contributed by atoms with Gasteiger partial charge in [0.2, 0.25) is 0 Å². The molecule has 5 rings (SSSR count). The first-order valence-corrected chi connectivity index (χ1v) is 8.93. The zero-order valence-electron chi connectivity index (χ0n) is 14.0. The van der Waals surface area contributed by atoms with Gasteiger partial charge in [-0.25, -0.2) is 0 Å². The lowest BCUT2D eigenvalue weighted by atomic mass is 9.54. The Hall–Kier alpha value is -1.64. The molecule has 1 N–H and O–H groups in total.